The van der Waals surface area contributed by atoms with Gasteiger partial charge in [-0.3, -0.25) is 0 Å². The van der Waals surface area contributed by atoms with Crippen molar-refractivity contribution in [2.75, 3.05) is 0 Å². The van der Waals surface area contributed by atoms with Gasteiger partial charge in [0.2, 0.25) is 0 Å². The van der Waals surface area contributed by atoms with E-state index in [9.17, 15) is 13.2 Å². The van der Waals surface area contributed by atoms with Crippen molar-refractivity contribution >= 4 is 11.6 Å². The lowest BCUT2D eigenvalue weighted by molar-refractivity contribution is 0.312. The van der Waals surface area contributed by atoms with Crippen LogP contribution in [-0.4, -0.2) is 0 Å². The Bertz CT molecular complexity index is 873. The highest BCUT2D eigenvalue weighted by Gasteiger charge is 2.27. The molecule has 1 fully saturated rings. The van der Waals surface area contributed by atoms with Gasteiger partial charge in [0.05, 0.1) is 0 Å². The molecule has 4 rings (SSSR count). The lowest BCUT2D eigenvalue weighted by atomic mass is 9.77. The predicted molar refractivity (Wildman–Crippen MR) is 104 cm³/mol. The average Bonchev–Trinajstić information content (AvgIpc) is 2.70. The van der Waals surface area contributed by atoms with Crippen molar-refractivity contribution in [1.82, 2.24) is 0 Å². The Morgan fingerprint density at radius 3 is 2.41 bits per heavy atom. The van der Waals surface area contributed by atoms with Crippen molar-refractivity contribution in [3.05, 3.63) is 70.0 Å². The lowest BCUT2D eigenvalue weighted by Gasteiger charge is -2.28. The van der Waals surface area contributed by atoms with Crippen molar-refractivity contribution < 1.29 is 13.2 Å². The molecule has 0 spiro atoms. The van der Waals surface area contributed by atoms with Crippen LogP contribution in [0.4, 0.5) is 13.2 Å². The second kappa shape index (κ2) is 7.53. The number of hydrogen-bond acceptors (Lipinski definition) is 0. The number of hydrogen-bond donors (Lipinski definition) is 0. The third-order valence-corrected chi connectivity index (χ3v) is 6.45. The third kappa shape index (κ3) is 3.44. The summed E-state index contributed by atoms with van der Waals surface area (Å²) >= 11 is 0. The van der Waals surface area contributed by atoms with Crippen molar-refractivity contribution in [3.63, 3.8) is 0 Å². The van der Waals surface area contributed by atoms with Gasteiger partial charge in [-0.2, -0.15) is 0 Å². The van der Waals surface area contributed by atoms with Gasteiger partial charge in [0.1, 0.15) is 5.82 Å². The molecule has 0 unspecified atom stereocenters. The van der Waals surface area contributed by atoms with Gasteiger partial charge in [0.15, 0.2) is 11.6 Å². The van der Waals surface area contributed by atoms with Gasteiger partial charge < -0.3 is 0 Å². The summed E-state index contributed by atoms with van der Waals surface area (Å²) in [5.74, 6) is -0.838. The number of allylic oxidation sites excluding steroid dienone is 1. The van der Waals surface area contributed by atoms with Crippen molar-refractivity contribution in [2.24, 2.45) is 5.92 Å². The van der Waals surface area contributed by atoms with Gasteiger partial charge in [-0.25, -0.2) is 13.2 Å². The van der Waals surface area contributed by atoms with E-state index in [1.165, 1.54) is 12.5 Å². The molecule has 1 saturated carbocycles. The van der Waals surface area contributed by atoms with E-state index in [0.717, 1.165) is 42.7 Å². The van der Waals surface area contributed by atoms with E-state index in [0.29, 0.717) is 29.5 Å². The largest absolute Gasteiger partial charge is 0.207 e. The average molecular weight is 370 g/mol. The van der Waals surface area contributed by atoms with Crippen LogP contribution in [0.2, 0.25) is 0 Å². The summed E-state index contributed by atoms with van der Waals surface area (Å²) in [6, 6.07) is 8.41. The van der Waals surface area contributed by atoms with E-state index in [4.69, 9.17) is 0 Å². The number of rotatable bonds is 3. The fourth-order valence-corrected chi connectivity index (χ4v) is 4.72. The van der Waals surface area contributed by atoms with E-state index in [1.807, 2.05) is 6.07 Å². The van der Waals surface area contributed by atoms with E-state index in [-0.39, 0.29) is 11.7 Å². The second-order valence-corrected chi connectivity index (χ2v) is 7.93. The Hall–Kier alpha value is -2.03. The first-order chi connectivity index (χ1) is 13.1. The minimum Gasteiger partial charge on any atom is -0.207 e. The maximum absolute atomic E-state index is 14.9. The Morgan fingerprint density at radius 1 is 0.889 bits per heavy atom. The first kappa shape index (κ1) is 18.3. The number of halogens is 3. The molecule has 0 amide bonds. The summed E-state index contributed by atoms with van der Waals surface area (Å²) in [5.41, 5.74) is 3.00. The highest BCUT2D eigenvalue weighted by atomic mass is 19.2. The molecule has 0 nitrogen and oxygen atoms in total. The molecule has 2 aliphatic rings. The molecule has 142 valence electrons. The number of benzene rings is 2. The van der Waals surface area contributed by atoms with Crippen molar-refractivity contribution in [3.8, 4) is 0 Å². The number of fused-ring (bicyclic) bond motifs is 1. The summed E-state index contributed by atoms with van der Waals surface area (Å²) in [7, 11) is 0. The van der Waals surface area contributed by atoms with Gasteiger partial charge in [-0.05, 0) is 78.7 Å². The van der Waals surface area contributed by atoms with E-state index < -0.39 is 11.6 Å². The van der Waals surface area contributed by atoms with Gasteiger partial charge in [0, 0.05) is 5.56 Å². The van der Waals surface area contributed by atoms with Crippen molar-refractivity contribution in [1.29, 1.82) is 0 Å². The Morgan fingerprint density at radius 2 is 1.67 bits per heavy atom. The highest BCUT2D eigenvalue weighted by Crippen LogP contribution is 2.40. The minimum atomic E-state index is -0.754. The Balaban J connectivity index is 1.63. The summed E-state index contributed by atoms with van der Waals surface area (Å²) in [6.45, 7) is 2.20. The maximum atomic E-state index is 14.9. The third-order valence-electron chi connectivity index (χ3n) is 6.45. The minimum absolute atomic E-state index is 0.117. The molecule has 2 aromatic carbocycles. The first-order valence-corrected chi connectivity index (χ1v) is 10.0. The first-order valence-electron chi connectivity index (χ1n) is 10.0. The second-order valence-electron chi connectivity index (χ2n) is 7.93. The van der Waals surface area contributed by atoms with Crippen LogP contribution in [0.1, 0.15) is 73.6 Å². The van der Waals surface area contributed by atoms with Crippen LogP contribution in [0.25, 0.3) is 11.6 Å². The summed E-state index contributed by atoms with van der Waals surface area (Å²) < 4.78 is 43.7. The molecule has 27 heavy (non-hydrogen) atoms. The van der Waals surface area contributed by atoms with Gasteiger partial charge in [0.25, 0.3) is 0 Å². The highest BCUT2D eigenvalue weighted by molar-refractivity contribution is 5.84. The topological polar surface area (TPSA) is 0 Å². The van der Waals surface area contributed by atoms with E-state index >= 15 is 0 Å². The molecule has 0 aliphatic heterocycles. The van der Waals surface area contributed by atoms with E-state index in [2.05, 4.69) is 6.92 Å². The van der Waals surface area contributed by atoms with Crippen LogP contribution in [0.15, 0.2) is 30.3 Å². The van der Waals surface area contributed by atoms with Crippen LogP contribution in [0, 0.1) is 23.4 Å². The zero-order valence-corrected chi connectivity index (χ0v) is 15.7. The quantitative estimate of drug-likeness (QED) is 0.533. The maximum Gasteiger partial charge on any atom is 0.166 e. The van der Waals surface area contributed by atoms with E-state index in [1.54, 1.807) is 24.3 Å². The van der Waals surface area contributed by atoms with Crippen molar-refractivity contribution in [2.45, 2.75) is 57.8 Å². The molecule has 0 heterocycles. The van der Waals surface area contributed by atoms with Crippen LogP contribution < -0.4 is 0 Å². The fourth-order valence-electron chi connectivity index (χ4n) is 4.72. The normalized spacial score (nSPS) is 22.3. The van der Waals surface area contributed by atoms with Crippen LogP contribution in [0.5, 0.6) is 0 Å². The molecule has 0 bridgehead atoms. The molecule has 3 heteroatoms. The fraction of sp³-hybridized carbons (Fsp3) is 0.417. The smallest absolute Gasteiger partial charge is 0.166 e. The van der Waals surface area contributed by atoms with Gasteiger partial charge in [-0.15, -0.1) is 0 Å². The Labute approximate surface area is 159 Å². The molecule has 0 aromatic heterocycles. The van der Waals surface area contributed by atoms with Gasteiger partial charge in [-0.1, -0.05) is 43.7 Å². The molecule has 0 atom stereocenters. The Kier molecular flexibility index (Phi) is 5.12. The summed E-state index contributed by atoms with van der Waals surface area (Å²) in [5, 5.41) is 0. The van der Waals surface area contributed by atoms with Gasteiger partial charge >= 0.3 is 0 Å². The predicted octanol–water partition coefficient (Wildman–Crippen LogP) is 7.27. The summed E-state index contributed by atoms with van der Waals surface area (Å²) in [4.78, 5) is 0. The monoisotopic (exact) mass is 370 g/mol. The molecule has 2 aliphatic carbocycles. The molecular formula is C24H25F3. The van der Waals surface area contributed by atoms with Crippen LogP contribution in [0.3, 0.4) is 0 Å². The lowest BCUT2D eigenvalue weighted by Crippen LogP contribution is -2.14. The molecular weight excluding hydrogens is 345 g/mol. The standard InChI is InChI=1S/C24H25F3/c1-2-15-6-8-16(9-7-15)20-12-13-21(24(27)23(20)26)18-10-11-19-17(14-18)4-3-5-22(19)25/h3-5,12-16H,2,6-11H2,1H3. The SMILES string of the molecule is CCC1CCC(c2ccc(C3=Cc4cccc(F)c4CC3)c(F)c2F)CC1. The van der Waals surface area contributed by atoms with Crippen LogP contribution >= 0.6 is 0 Å². The molecule has 0 radical (unpaired) electrons. The zero-order valence-electron chi connectivity index (χ0n) is 15.7. The molecule has 2 aromatic rings. The molecule has 0 saturated heterocycles. The summed E-state index contributed by atoms with van der Waals surface area (Å²) in [6.07, 6.45) is 8.05. The molecule has 0 N–H and O–H groups in total. The van der Waals surface area contributed by atoms with Crippen LogP contribution in [-0.2, 0) is 6.42 Å². The zero-order chi connectivity index (χ0) is 19.0.